The third-order valence-electron chi connectivity index (χ3n) is 4.25. The van der Waals surface area contributed by atoms with Crippen molar-refractivity contribution in [2.75, 3.05) is 7.05 Å². The first kappa shape index (κ1) is 14.2. The second-order valence-electron chi connectivity index (χ2n) is 5.85. The molecule has 0 aliphatic heterocycles. The lowest BCUT2D eigenvalue weighted by molar-refractivity contribution is 0.137. The van der Waals surface area contributed by atoms with Crippen molar-refractivity contribution in [3.05, 3.63) is 46.9 Å². The van der Waals surface area contributed by atoms with Crippen LogP contribution in [0.25, 0.3) is 0 Å². The maximum atomic E-state index is 13.1. The maximum absolute atomic E-state index is 13.1. The molecule has 1 aliphatic carbocycles. The summed E-state index contributed by atoms with van der Waals surface area (Å²) in [6.45, 7) is 2.59. The molecule has 1 aliphatic rings. The molecule has 112 valence electrons. The molecule has 0 spiro atoms. The summed E-state index contributed by atoms with van der Waals surface area (Å²) < 4.78 is 18.4. The summed E-state index contributed by atoms with van der Waals surface area (Å²) in [4.78, 5) is 6.70. The average molecular weight is 289 g/mol. The zero-order valence-electron chi connectivity index (χ0n) is 12.5. The minimum Gasteiger partial charge on any atom is -0.338 e. The van der Waals surface area contributed by atoms with Crippen molar-refractivity contribution in [3.63, 3.8) is 0 Å². The van der Waals surface area contributed by atoms with Crippen molar-refractivity contribution in [3.8, 4) is 0 Å². The van der Waals surface area contributed by atoms with Crippen LogP contribution in [-0.4, -0.2) is 28.1 Å². The Balaban J connectivity index is 1.64. The van der Waals surface area contributed by atoms with Gasteiger partial charge in [0.05, 0.1) is 6.54 Å². The summed E-state index contributed by atoms with van der Waals surface area (Å²) in [5.41, 5.74) is 1.93. The molecule has 1 aromatic carbocycles. The van der Waals surface area contributed by atoms with Gasteiger partial charge in [0.1, 0.15) is 5.82 Å². The van der Waals surface area contributed by atoms with Gasteiger partial charge in [-0.1, -0.05) is 17.6 Å². The Labute approximate surface area is 124 Å². The van der Waals surface area contributed by atoms with Crippen molar-refractivity contribution in [1.82, 2.24) is 15.0 Å². The Morgan fingerprint density at radius 1 is 1.38 bits per heavy atom. The first-order valence-corrected chi connectivity index (χ1v) is 7.38. The average Bonchev–Trinajstić information content (AvgIpc) is 2.78. The molecule has 0 amide bonds. The summed E-state index contributed by atoms with van der Waals surface area (Å²) >= 11 is 0. The molecule has 0 N–H and O–H groups in total. The predicted molar refractivity (Wildman–Crippen MR) is 77.3 cm³/mol. The highest BCUT2D eigenvalue weighted by atomic mass is 19.1. The minimum atomic E-state index is -0.216. The Morgan fingerprint density at radius 2 is 2.19 bits per heavy atom. The van der Waals surface area contributed by atoms with Gasteiger partial charge in [-0.05, 0) is 50.1 Å². The maximum Gasteiger partial charge on any atom is 0.240 e. The lowest BCUT2D eigenvalue weighted by atomic mass is 9.92. The van der Waals surface area contributed by atoms with E-state index in [-0.39, 0.29) is 5.82 Å². The molecule has 0 atom stereocenters. The second kappa shape index (κ2) is 5.93. The highest BCUT2D eigenvalue weighted by Gasteiger charge is 2.23. The van der Waals surface area contributed by atoms with Gasteiger partial charge in [0, 0.05) is 12.5 Å². The summed E-state index contributed by atoms with van der Waals surface area (Å²) in [5, 5.41) is 4.02. The molecule has 1 heterocycles. The van der Waals surface area contributed by atoms with Crippen LogP contribution in [0.1, 0.15) is 42.1 Å². The molecule has 4 nitrogen and oxygen atoms in total. The van der Waals surface area contributed by atoms with Gasteiger partial charge in [-0.2, -0.15) is 4.98 Å². The van der Waals surface area contributed by atoms with Crippen molar-refractivity contribution >= 4 is 0 Å². The van der Waals surface area contributed by atoms with Gasteiger partial charge < -0.3 is 4.52 Å². The van der Waals surface area contributed by atoms with Crippen molar-refractivity contribution in [1.29, 1.82) is 0 Å². The zero-order chi connectivity index (χ0) is 14.8. The van der Waals surface area contributed by atoms with E-state index >= 15 is 0 Å². The van der Waals surface area contributed by atoms with E-state index in [1.54, 1.807) is 6.07 Å². The predicted octanol–water partition coefficient (Wildman–Crippen LogP) is 3.09. The highest BCUT2D eigenvalue weighted by molar-refractivity contribution is 5.28. The van der Waals surface area contributed by atoms with Crippen LogP contribution in [0, 0.1) is 12.7 Å². The third-order valence-corrected chi connectivity index (χ3v) is 4.25. The van der Waals surface area contributed by atoms with E-state index in [1.165, 1.54) is 31.4 Å². The van der Waals surface area contributed by atoms with Crippen LogP contribution in [0.3, 0.4) is 0 Å². The fourth-order valence-electron chi connectivity index (χ4n) is 2.62. The van der Waals surface area contributed by atoms with Gasteiger partial charge in [0.15, 0.2) is 5.82 Å². The van der Waals surface area contributed by atoms with Crippen molar-refractivity contribution < 1.29 is 8.91 Å². The molecule has 21 heavy (non-hydrogen) atoms. The van der Waals surface area contributed by atoms with Crippen LogP contribution in [0.5, 0.6) is 0 Å². The molecule has 0 bridgehead atoms. The number of aryl methyl sites for hydroxylation is 1. The number of rotatable bonds is 5. The lowest BCUT2D eigenvalue weighted by Gasteiger charge is -2.33. The smallest absolute Gasteiger partial charge is 0.240 e. The van der Waals surface area contributed by atoms with Crippen LogP contribution in [0.15, 0.2) is 22.7 Å². The molecule has 0 radical (unpaired) electrons. The Kier molecular flexibility index (Phi) is 4.01. The van der Waals surface area contributed by atoms with E-state index in [9.17, 15) is 4.39 Å². The van der Waals surface area contributed by atoms with Crippen molar-refractivity contribution in [2.24, 2.45) is 0 Å². The van der Waals surface area contributed by atoms with Crippen LogP contribution < -0.4 is 0 Å². The Bertz CT molecular complexity index is 622. The molecule has 3 rings (SSSR count). The van der Waals surface area contributed by atoms with Gasteiger partial charge in [-0.3, -0.25) is 4.90 Å². The van der Waals surface area contributed by atoms with Crippen molar-refractivity contribution in [2.45, 2.75) is 45.2 Å². The third kappa shape index (κ3) is 3.29. The minimum absolute atomic E-state index is 0.216. The molecule has 5 heteroatoms. The quantitative estimate of drug-likeness (QED) is 0.848. The summed E-state index contributed by atoms with van der Waals surface area (Å²) in [7, 11) is 2.10. The van der Waals surface area contributed by atoms with E-state index < -0.39 is 0 Å². The second-order valence-corrected chi connectivity index (χ2v) is 5.85. The standard InChI is InChI=1S/C16H20FN3O/c1-11-8-13(17)7-6-12(11)9-15-18-16(21-19-15)10-20(2)14-4-3-5-14/h6-8,14H,3-5,9-10H2,1-2H3. The van der Waals surface area contributed by atoms with E-state index in [2.05, 4.69) is 22.1 Å². The molecule has 2 aromatic rings. The number of hydrogen-bond acceptors (Lipinski definition) is 4. The van der Waals surface area contributed by atoms with Crippen LogP contribution in [0.4, 0.5) is 4.39 Å². The molecular weight excluding hydrogens is 269 g/mol. The molecule has 1 aromatic heterocycles. The number of benzene rings is 1. The fraction of sp³-hybridized carbons (Fsp3) is 0.500. The number of hydrogen-bond donors (Lipinski definition) is 0. The van der Waals surface area contributed by atoms with Gasteiger partial charge in [-0.25, -0.2) is 4.39 Å². The van der Waals surface area contributed by atoms with Gasteiger partial charge in [0.25, 0.3) is 0 Å². The van der Waals surface area contributed by atoms with E-state index in [0.29, 0.717) is 30.7 Å². The molecule has 0 unspecified atom stereocenters. The first-order chi connectivity index (χ1) is 10.1. The van der Waals surface area contributed by atoms with E-state index in [0.717, 1.165) is 11.1 Å². The summed E-state index contributed by atoms with van der Waals surface area (Å²) in [6.07, 6.45) is 4.40. The number of aromatic nitrogens is 2. The van der Waals surface area contributed by atoms with Gasteiger partial charge in [0.2, 0.25) is 5.89 Å². The van der Waals surface area contributed by atoms with Crippen LogP contribution in [0.2, 0.25) is 0 Å². The molecular formula is C16H20FN3O. The Morgan fingerprint density at radius 3 is 2.86 bits per heavy atom. The van der Waals surface area contributed by atoms with Gasteiger partial charge in [-0.15, -0.1) is 0 Å². The monoisotopic (exact) mass is 289 g/mol. The molecule has 1 saturated carbocycles. The van der Waals surface area contributed by atoms with Crippen LogP contribution >= 0.6 is 0 Å². The first-order valence-electron chi connectivity index (χ1n) is 7.38. The summed E-state index contributed by atoms with van der Waals surface area (Å²) in [5.74, 6) is 1.09. The molecule has 0 saturated heterocycles. The fourth-order valence-corrected chi connectivity index (χ4v) is 2.62. The topological polar surface area (TPSA) is 42.2 Å². The number of halogens is 1. The zero-order valence-corrected chi connectivity index (χ0v) is 12.5. The summed E-state index contributed by atoms with van der Waals surface area (Å²) in [6, 6.07) is 5.43. The van der Waals surface area contributed by atoms with E-state index in [4.69, 9.17) is 4.52 Å². The largest absolute Gasteiger partial charge is 0.338 e. The van der Waals surface area contributed by atoms with Crippen LogP contribution in [-0.2, 0) is 13.0 Å². The highest BCUT2D eigenvalue weighted by Crippen LogP contribution is 2.24. The normalized spacial score (nSPS) is 15.4. The lowest BCUT2D eigenvalue weighted by Crippen LogP contribution is -2.36. The SMILES string of the molecule is Cc1cc(F)ccc1Cc1noc(CN(C)C2CCC2)n1. The number of nitrogens with zero attached hydrogens (tertiary/aromatic N) is 3. The van der Waals surface area contributed by atoms with E-state index in [1.807, 2.05) is 6.92 Å². The Hall–Kier alpha value is -1.75. The molecule has 1 fully saturated rings. The van der Waals surface area contributed by atoms with Gasteiger partial charge >= 0.3 is 0 Å².